The molecule has 0 spiro atoms. The maximum absolute atomic E-state index is 5.92. The van der Waals surface area contributed by atoms with E-state index < -0.39 is 0 Å². The molecule has 4 nitrogen and oxygen atoms in total. The van der Waals surface area contributed by atoms with Crippen LogP contribution in [0.2, 0.25) is 0 Å². The quantitative estimate of drug-likeness (QED) is 0.800. The maximum atomic E-state index is 5.92. The number of hydrogen-bond donors (Lipinski definition) is 1. The van der Waals surface area contributed by atoms with Crippen LogP contribution in [0.25, 0.3) is 0 Å². The Morgan fingerprint density at radius 3 is 3.07 bits per heavy atom. The van der Waals surface area contributed by atoms with Crippen molar-refractivity contribution in [3.8, 4) is 0 Å². The minimum absolute atomic E-state index is 0.242. The number of aryl methyl sites for hydroxylation is 1. The van der Waals surface area contributed by atoms with Gasteiger partial charge >= 0.3 is 0 Å². The monoisotopic (exact) mass is 209 g/mol. The molecule has 15 heavy (non-hydrogen) atoms. The molecule has 0 bridgehead atoms. The molecular weight excluding hydrogens is 190 g/mol. The first kappa shape index (κ1) is 10.6. The Balaban J connectivity index is 1.73. The lowest BCUT2D eigenvalue weighted by molar-refractivity contribution is 0.0492. The predicted molar refractivity (Wildman–Crippen MR) is 58.5 cm³/mol. The topological polar surface area (TPSA) is 53.1 Å². The van der Waals surface area contributed by atoms with Crippen molar-refractivity contribution in [1.29, 1.82) is 0 Å². The zero-order valence-electron chi connectivity index (χ0n) is 9.22. The molecule has 2 unspecified atom stereocenters. The smallest absolute Gasteiger partial charge is 0.110 e. The van der Waals surface area contributed by atoms with Crippen molar-refractivity contribution < 1.29 is 4.74 Å². The first-order valence-corrected chi connectivity index (χ1v) is 5.61. The average molecular weight is 209 g/mol. The minimum Gasteiger partial charge on any atom is -0.376 e. The summed E-state index contributed by atoms with van der Waals surface area (Å²) in [7, 11) is 2.00. The molecule has 84 valence electrons. The summed E-state index contributed by atoms with van der Waals surface area (Å²) in [5, 5.41) is 0. The zero-order valence-corrected chi connectivity index (χ0v) is 9.22. The van der Waals surface area contributed by atoms with Crippen LogP contribution in [0.3, 0.4) is 0 Å². The lowest BCUT2D eigenvalue weighted by atomic mass is 10.2. The van der Waals surface area contributed by atoms with E-state index in [4.69, 9.17) is 10.5 Å². The Kier molecular flexibility index (Phi) is 3.38. The third-order valence-electron chi connectivity index (χ3n) is 3.08. The summed E-state index contributed by atoms with van der Waals surface area (Å²) in [4.78, 5) is 4.25. The number of ether oxygens (including phenoxy) is 1. The fourth-order valence-corrected chi connectivity index (χ4v) is 2.10. The first-order chi connectivity index (χ1) is 7.27. The zero-order chi connectivity index (χ0) is 10.7. The molecule has 0 saturated heterocycles. The molecule has 1 saturated carbocycles. The predicted octanol–water partition coefficient (Wildman–Crippen LogP) is 0.859. The lowest BCUT2D eigenvalue weighted by Crippen LogP contribution is -2.32. The molecule has 1 aromatic heterocycles. The molecule has 0 radical (unpaired) electrons. The molecule has 2 rings (SSSR count). The summed E-state index contributed by atoms with van der Waals surface area (Å²) in [6, 6.07) is 0.242. The van der Waals surface area contributed by atoms with Crippen LogP contribution >= 0.6 is 0 Å². The summed E-state index contributed by atoms with van der Waals surface area (Å²) >= 11 is 0. The standard InChI is InChI=1S/C11H19N3O/c1-14-7-6-13-11(14)5-8-15-10-4-2-3-9(10)12/h6-7,9-10H,2-5,8,12H2,1H3. The fraction of sp³-hybridized carbons (Fsp3) is 0.727. The normalized spacial score (nSPS) is 26.0. The van der Waals surface area contributed by atoms with E-state index in [2.05, 4.69) is 4.98 Å². The summed E-state index contributed by atoms with van der Waals surface area (Å²) in [5.41, 5.74) is 5.92. The second-order valence-corrected chi connectivity index (χ2v) is 4.21. The van der Waals surface area contributed by atoms with E-state index in [1.54, 1.807) is 0 Å². The van der Waals surface area contributed by atoms with Gasteiger partial charge in [-0.1, -0.05) is 0 Å². The molecule has 4 heteroatoms. The highest BCUT2D eigenvalue weighted by Gasteiger charge is 2.24. The number of hydrogen-bond acceptors (Lipinski definition) is 3. The molecule has 1 heterocycles. The molecule has 1 aliphatic rings. The van der Waals surface area contributed by atoms with Crippen LogP contribution in [-0.4, -0.2) is 28.3 Å². The van der Waals surface area contributed by atoms with Crippen molar-refractivity contribution in [3.63, 3.8) is 0 Å². The molecular formula is C11H19N3O. The van der Waals surface area contributed by atoms with E-state index in [0.29, 0.717) is 0 Å². The third kappa shape index (κ3) is 2.58. The molecule has 0 amide bonds. The van der Waals surface area contributed by atoms with Gasteiger partial charge in [0.1, 0.15) is 5.82 Å². The molecule has 2 N–H and O–H groups in total. The first-order valence-electron chi connectivity index (χ1n) is 5.61. The average Bonchev–Trinajstić information content (AvgIpc) is 2.78. The number of nitrogens with zero attached hydrogens (tertiary/aromatic N) is 2. The number of imidazole rings is 1. The van der Waals surface area contributed by atoms with Crippen molar-refractivity contribution in [2.45, 2.75) is 37.8 Å². The van der Waals surface area contributed by atoms with Crippen LogP contribution in [-0.2, 0) is 18.2 Å². The van der Waals surface area contributed by atoms with E-state index in [0.717, 1.165) is 31.7 Å². The van der Waals surface area contributed by atoms with Gasteiger partial charge in [0.05, 0.1) is 12.7 Å². The van der Waals surface area contributed by atoms with Gasteiger partial charge in [0.25, 0.3) is 0 Å². The Bertz CT molecular complexity index is 311. The van der Waals surface area contributed by atoms with Crippen molar-refractivity contribution in [2.24, 2.45) is 12.8 Å². The molecule has 0 aliphatic heterocycles. The third-order valence-corrected chi connectivity index (χ3v) is 3.08. The van der Waals surface area contributed by atoms with Gasteiger partial charge in [-0.3, -0.25) is 0 Å². The Morgan fingerprint density at radius 1 is 1.60 bits per heavy atom. The molecule has 1 aromatic rings. The van der Waals surface area contributed by atoms with E-state index >= 15 is 0 Å². The molecule has 1 fully saturated rings. The summed E-state index contributed by atoms with van der Waals surface area (Å²) in [6.07, 6.45) is 8.33. The van der Waals surface area contributed by atoms with E-state index in [9.17, 15) is 0 Å². The van der Waals surface area contributed by atoms with Crippen LogP contribution in [0.4, 0.5) is 0 Å². The van der Waals surface area contributed by atoms with Crippen LogP contribution in [0.5, 0.6) is 0 Å². The van der Waals surface area contributed by atoms with Crippen molar-refractivity contribution >= 4 is 0 Å². The summed E-state index contributed by atoms with van der Waals surface area (Å²) in [6.45, 7) is 0.725. The second kappa shape index (κ2) is 4.77. The molecule has 0 aromatic carbocycles. The van der Waals surface area contributed by atoms with Crippen molar-refractivity contribution in [3.05, 3.63) is 18.2 Å². The summed E-state index contributed by atoms with van der Waals surface area (Å²) < 4.78 is 7.79. The van der Waals surface area contributed by atoms with Crippen molar-refractivity contribution in [2.75, 3.05) is 6.61 Å². The van der Waals surface area contributed by atoms with Crippen LogP contribution < -0.4 is 5.73 Å². The van der Waals surface area contributed by atoms with Gasteiger partial charge in [-0.05, 0) is 19.3 Å². The van der Waals surface area contributed by atoms with Gasteiger partial charge in [-0.25, -0.2) is 4.98 Å². The maximum Gasteiger partial charge on any atom is 0.110 e. The Morgan fingerprint density at radius 2 is 2.47 bits per heavy atom. The highest BCUT2D eigenvalue weighted by molar-refractivity contribution is 4.91. The highest BCUT2D eigenvalue weighted by atomic mass is 16.5. The van der Waals surface area contributed by atoms with Crippen LogP contribution in [0.15, 0.2) is 12.4 Å². The van der Waals surface area contributed by atoms with Gasteiger partial charge in [0.15, 0.2) is 0 Å². The van der Waals surface area contributed by atoms with Crippen molar-refractivity contribution in [1.82, 2.24) is 9.55 Å². The highest BCUT2D eigenvalue weighted by Crippen LogP contribution is 2.20. The van der Waals surface area contributed by atoms with E-state index in [-0.39, 0.29) is 12.1 Å². The molecule has 1 aliphatic carbocycles. The largest absolute Gasteiger partial charge is 0.376 e. The van der Waals surface area contributed by atoms with Crippen LogP contribution in [0, 0.1) is 0 Å². The van der Waals surface area contributed by atoms with Gasteiger partial charge in [0.2, 0.25) is 0 Å². The molecule has 2 atom stereocenters. The lowest BCUT2D eigenvalue weighted by Gasteiger charge is -2.16. The van der Waals surface area contributed by atoms with E-state index in [1.165, 1.54) is 6.42 Å². The number of nitrogens with two attached hydrogens (primary N) is 1. The van der Waals surface area contributed by atoms with E-state index in [1.807, 2.05) is 24.0 Å². The Hall–Kier alpha value is -0.870. The summed E-state index contributed by atoms with van der Waals surface area (Å²) in [5.74, 6) is 1.07. The number of rotatable bonds is 4. The van der Waals surface area contributed by atoms with Gasteiger partial charge in [-0.2, -0.15) is 0 Å². The minimum atomic E-state index is 0.242. The number of aromatic nitrogens is 2. The Labute approximate surface area is 90.4 Å². The second-order valence-electron chi connectivity index (χ2n) is 4.21. The van der Waals surface area contributed by atoms with Gasteiger partial charge in [-0.15, -0.1) is 0 Å². The van der Waals surface area contributed by atoms with Gasteiger partial charge in [0, 0.05) is 31.9 Å². The van der Waals surface area contributed by atoms with Crippen LogP contribution in [0.1, 0.15) is 25.1 Å². The SMILES string of the molecule is Cn1ccnc1CCOC1CCCC1N. The fourth-order valence-electron chi connectivity index (χ4n) is 2.10. The van der Waals surface area contributed by atoms with Gasteiger partial charge < -0.3 is 15.0 Å².